The van der Waals surface area contributed by atoms with Crippen LogP contribution < -0.4 is 14.0 Å². The maximum Gasteiger partial charge on any atom is 0.365 e. The lowest BCUT2D eigenvalue weighted by atomic mass is 10.0. The zero-order valence-electron chi connectivity index (χ0n) is 15.5. The molecule has 0 fully saturated rings. The van der Waals surface area contributed by atoms with Crippen LogP contribution in [0.2, 0.25) is 0 Å². The molecule has 0 aliphatic rings. The number of aromatic nitrogens is 1. The number of pyridine rings is 1. The maximum absolute atomic E-state index is 12.9. The molecule has 2 aromatic carbocycles. The standard InChI is InChI=1S/C19H18NO8P/c1-26-15-7-11(8-16(27-2)18(15)23)17(22)14-6-4-12-13(20-14)5-3-10(9-21)19(12)28-29(24)25/h3-8,21,23,29H,9H2,1-2H3,(H,24,25). The van der Waals surface area contributed by atoms with Gasteiger partial charge in [0.2, 0.25) is 11.5 Å². The minimum absolute atomic E-state index is 0.0378. The maximum atomic E-state index is 12.9. The Labute approximate surface area is 166 Å². The first-order valence-corrected chi connectivity index (χ1v) is 9.60. The Morgan fingerprint density at radius 2 is 1.76 bits per heavy atom. The van der Waals surface area contributed by atoms with Crippen molar-refractivity contribution in [2.24, 2.45) is 0 Å². The van der Waals surface area contributed by atoms with E-state index in [-0.39, 0.29) is 34.3 Å². The Bertz CT molecular complexity index is 1090. The van der Waals surface area contributed by atoms with E-state index in [1.54, 1.807) is 6.07 Å². The van der Waals surface area contributed by atoms with Crippen molar-refractivity contribution in [3.8, 4) is 23.0 Å². The largest absolute Gasteiger partial charge is 0.502 e. The van der Waals surface area contributed by atoms with Crippen LogP contribution in [0, 0.1) is 0 Å². The summed E-state index contributed by atoms with van der Waals surface area (Å²) < 4.78 is 26.3. The van der Waals surface area contributed by atoms with Gasteiger partial charge in [0.1, 0.15) is 11.4 Å². The third-order valence-corrected chi connectivity index (χ3v) is 4.62. The summed E-state index contributed by atoms with van der Waals surface area (Å²) >= 11 is 0. The second-order valence-electron chi connectivity index (χ2n) is 5.90. The van der Waals surface area contributed by atoms with Crippen molar-refractivity contribution in [1.29, 1.82) is 0 Å². The molecule has 1 unspecified atom stereocenters. The molecular formula is C19H18NO8P. The molecule has 0 saturated carbocycles. The van der Waals surface area contributed by atoms with E-state index in [9.17, 15) is 19.6 Å². The molecule has 10 heteroatoms. The van der Waals surface area contributed by atoms with Gasteiger partial charge in [0.15, 0.2) is 11.5 Å². The topological polar surface area (TPSA) is 135 Å². The molecule has 3 rings (SSSR count). The van der Waals surface area contributed by atoms with Gasteiger partial charge in [-0.25, -0.2) is 9.55 Å². The van der Waals surface area contributed by atoms with Crippen molar-refractivity contribution < 1.29 is 38.5 Å². The predicted octanol–water partition coefficient (Wildman–Crippen LogP) is 2.44. The lowest BCUT2D eigenvalue weighted by Crippen LogP contribution is -2.06. The SMILES string of the molecule is COc1cc(C(=O)c2ccc3c(O[PH](=O)O)c(CO)ccc3n2)cc(OC)c1O. The number of phenolic OH excluding ortho intramolecular Hbond substituents is 1. The summed E-state index contributed by atoms with van der Waals surface area (Å²) in [6.45, 7) is -0.395. The van der Waals surface area contributed by atoms with E-state index in [1.165, 1.54) is 44.6 Å². The van der Waals surface area contributed by atoms with Crippen LogP contribution in [-0.4, -0.2) is 40.1 Å². The fourth-order valence-electron chi connectivity index (χ4n) is 2.85. The number of rotatable bonds is 7. The molecule has 1 aromatic heterocycles. The molecule has 3 aromatic rings. The van der Waals surface area contributed by atoms with Crippen molar-refractivity contribution in [1.82, 2.24) is 4.98 Å². The van der Waals surface area contributed by atoms with Crippen LogP contribution in [0.1, 0.15) is 21.6 Å². The summed E-state index contributed by atoms with van der Waals surface area (Å²) in [6, 6.07) is 8.75. The Balaban J connectivity index is 2.09. The quantitative estimate of drug-likeness (QED) is 0.390. The highest BCUT2D eigenvalue weighted by Gasteiger charge is 2.19. The fourth-order valence-corrected chi connectivity index (χ4v) is 3.27. The van der Waals surface area contributed by atoms with E-state index in [0.717, 1.165) is 0 Å². The molecule has 0 aliphatic carbocycles. The van der Waals surface area contributed by atoms with Gasteiger partial charge in [-0.15, -0.1) is 0 Å². The van der Waals surface area contributed by atoms with E-state index in [0.29, 0.717) is 16.5 Å². The number of carbonyl (C=O) groups is 1. The molecule has 1 atom stereocenters. The number of phenols is 1. The molecule has 0 radical (unpaired) electrons. The molecule has 0 aliphatic heterocycles. The van der Waals surface area contributed by atoms with Crippen molar-refractivity contribution in [3.05, 3.63) is 53.2 Å². The average molecular weight is 419 g/mol. The van der Waals surface area contributed by atoms with Gasteiger partial charge < -0.3 is 29.1 Å². The molecular weight excluding hydrogens is 401 g/mol. The van der Waals surface area contributed by atoms with Crippen LogP contribution in [-0.2, 0) is 11.2 Å². The van der Waals surface area contributed by atoms with Crippen LogP contribution in [0.4, 0.5) is 0 Å². The number of carbonyl (C=O) groups excluding carboxylic acids is 1. The first kappa shape index (κ1) is 20.6. The Morgan fingerprint density at radius 3 is 2.31 bits per heavy atom. The Morgan fingerprint density at radius 1 is 1.10 bits per heavy atom. The van der Waals surface area contributed by atoms with Crippen molar-refractivity contribution in [3.63, 3.8) is 0 Å². The summed E-state index contributed by atoms with van der Waals surface area (Å²) in [4.78, 5) is 26.3. The zero-order valence-corrected chi connectivity index (χ0v) is 16.5. The van der Waals surface area contributed by atoms with E-state index >= 15 is 0 Å². The second kappa shape index (κ2) is 8.48. The number of hydrogen-bond acceptors (Lipinski definition) is 8. The zero-order chi connectivity index (χ0) is 21.1. The summed E-state index contributed by atoms with van der Waals surface area (Å²) in [7, 11) is -0.602. The van der Waals surface area contributed by atoms with Crippen LogP contribution in [0.25, 0.3) is 10.9 Å². The highest BCUT2D eigenvalue weighted by atomic mass is 31.1. The number of benzene rings is 2. The van der Waals surface area contributed by atoms with Crippen molar-refractivity contribution in [2.75, 3.05) is 14.2 Å². The van der Waals surface area contributed by atoms with Gasteiger partial charge >= 0.3 is 8.25 Å². The first-order chi connectivity index (χ1) is 13.9. The summed E-state index contributed by atoms with van der Waals surface area (Å²) in [5.41, 5.74) is 0.932. The highest BCUT2D eigenvalue weighted by molar-refractivity contribution is 7.32. The predicted molar refractivity (Wildman–Crippen MR) is 104 cm³/mol. The lowest BCUT2D eigenvalue weighted by molar-refractivity contribution is 0.103. The van der Waals surface area contributed by atoms with E-state index in [1.807, 2.05) is 0 Å². The third-order valence-electron chi connectivity index (χ3n) is 4.24. The molecule has 9 nitrogen and oxygen atoms in total. The van der Waals surface area contributed by atoms with Crippen LogP contribution in [0.5, 0.6) is 23.0 Å². The van der Waals surface area contributed by atoms with Gasteiger partial charge in [0.25, 0.3) is 0 Å². The highest BCUT2D eigenvalue weighted by Crippen LogP contribution is 2.38. The number of fused-ring (bicyclic) bond motifs is 1. The Kier molecular flexibility index (Phi) is 6.03. The number of hydrogen-bond donors (Lipinski definition) is 3. The molecule has 1 heterocycles. The van der Waals surface area contributed by atoms with Crippen LogP contribution in [0.3, 0.4) is 0 Å². The fraction of sp³-hybridized carbons (Fsp3) is 0.158. The minimum Gasteiger partial charge on any atom is -0.502 e. The number of ketones is 1. The van der Waals surface area contributed by atoms with Gasteiger partial charge in [0.05, 0.1) is 26.3 Å². The molecule has 0 bridgehead atoms. The number of aromatic hydroxyl groups is 1. The number of nitrogens with zero attached hydrogens (tertiary/aromatic N) is 1. The molecule has 0 saturated heterocycles. The van der Waals surface area contributed by atoms with E-state index in [2.05, 4.69) is 4.98 Å². The third kappa shape index (κ3) is 4.02. The van der Waals surface area contributed by atoms with Crippen molar-refractivity contribution in [2.45, 2.75) is 6.61 Å². The van der Waals surface area contributed by atoms with Gasteiger partial charge in [0, 0.05) is 16.5 Å². The monoisotopic (exact) mass is 419 g/mol. The molecule has 0 spiro atoms. The second-order valence-corrected chi connectivity index (χ2v) is 6.64. The van der Waals surface area contributed by atoms with Crippen LogP contribution >= 0.6 is 8.25 Å². The smallest absolute Gasteiger partial charge is 0.365 e. The van der Waals surface area contributed by atoms with Gasteiger partial charge in [-0.3, -0.25) is 4.79 Å². The summed E-state index contributed by atoms with van der Waals surface area (Å²) in [5, 5.41) is 19.8. The molecule has 152 valence electrons. The average Bonchev–Trinajstić information content (AvgIpc) is 2.72. The minimum atomic E-state index is -3.30. The van der Waals surface area contributed by atoms with Crippen LogP contribution in [0.15, 0.2) is 36.4 Å². The Hall–Kier alpha value is -3.13. The molecule has 3 N–H and O–H groups in total. The van der Waals surface area contributed by atoms with Gasteiger partial charge in [-0.1, -0.05) is 6.07 Å². The van der Waals surface area contributed by atoms with Crippen molar-refractivity contribution >= 4 is 24.9 Å². The number of methoxy groups -OCH3 is 2. The van der Waals surface area contributed by atoms with E-state index in [4.69, 9.17) is 18.9 Å². The number of aliphatic hydroxyl groups is 1. The van der Waals surface area contributed by atoms with Gasteiger partial charge in [-0.2, -0.15) is 0 Å². The normalized spacial score (nSPS) is 11.9. The summed E-state index contributed by atoms with van der Waals surface area (Å²) in [5.74, 6) is -0.492. The van der Waals surface area contributed by atoms with Gasteiger partial charge in [-0.05, 0) is 30.3 Å². The van der Waals surface area contributed by atoms with E-state index < -0.39 is 20.6 Å². The molecule has 0 amide bonds. The number of aliphatic hydroxyl groups excluding tert-OH is 1. The summed E-state index contributed by atoms with van der Waals surface area (Å²) in [6.07, 6.45) is 0. The lowest BCUT2D eigenvalue weighted by Gasteiger charge is -2.12. The number of ether oxygens (including phenoxy) is 2. The first-order valence-electron chi connectivity index (χ1n) is 8.33. The molecule has 29 heavy (non-hydrogen) atoms.